The number of rotatable bonds is 3. The van der Waals surface area contributed by atoms with Gasteiger partial charge in [-0.3, -0.25) is 0 Å². The summed E-state index contributed by atoms with van der Waals surface area (Å²) in [5.41, 5.74) is 0.264. The molecule has 0 radical (unpaired) electrons. The third kappa shape index (κ3) is 3.16. The first-order valence-corrected chi connectivity index (χ1v) is 10.4. The van der Waals surface area contributed by atoms with Crippen LogP contribution in [0.25, 0.3) is 0 Å². The van der Waals surface area contributed by atoms with Gasteiger partial charge in [-0.05, 0) is 61.8 Å². The molecule has 0 aliphatic carbocycles. The summed E-state index contributed by atoms with van der Waals surface area (Å²) >= 11 is 2.10. The Bertz CT molecular complexity index is 529. The standard InChI is InChI=1S/C18H28N4OS/c23-12-15-11-22(17-1-6-19-14-20-17)13-18(15)4-7-21(8-5-18)16-2-9-24-10-3-16/h1,6,14-16,23H,2-5,7-13H2. The van der Waals surface area contributed by atoms with E-state index in [1.165, 1.54) is 50.3 Å². The van der Waals surface area contributed by atoms with E-state index >= 15 is 0 Å². The molecule has 3 fully saturated rings. The fourth-order valence-electron chi connectivity index (χ4n) is 4.88. The molecule has 132 valence electrons. The molecule has 3 aliphatic heterocycles. The van der Waals surface area contributed by atoms with Gasteiger partial charge >= 0.3 is 0 Å². The van der Waals surface area contributed by atoms with Gasteiger partial charge in [0.2, 0.25) is 0 Å². The smallest absolute Gasteiger partial charge is 0.131 e. The van der Waals surface area contributed by atoms with Crippen LogP contribution in [0.5, 0.6) is 0 Å². The van der Waals surface area contributed by atoms with Crippen molar-refractivity contribution in [3.63, 3.8) is 0 Å². The van der Waals surface area contributed by atoms with Crippen molar-refractivity contribution in [2.24, 2.45) is 11.3 Å². The summed E-state index contributed by atoms with van der Waals surface area (Å²) in [6, 6.07) is 2.79. The van der Waals surface area contributed by atoms with Crippen LogP contribution in [0.1, 0.15) is 25.7 Å². The third-order valence-corrected chi connectivity index (χ3v) is 7.47. The molecule has 0 bridgehead atoms. The molecule has 3 saturated heterocycles. The van der Waals surface area contributed by atoms with Crippen LogP contribution in [0, 0.1) is 11.3 Å². The van der Waals surface area contributed by atoms with E-state index in [9.17, 15) is 5.11 Å². The van der Waals surface area contributed by atoms with Crippen LogP contribution in [-0.4, -0.2) is 70.3 Å². The van der Waals surface area contributed by atoms with Gasteiger partial charge in [-0.15, -0.1) is 0 Å². The molecule has 5 nitrogen and oxygen atoms in total. The highest BCUT2D eigenvalue weighted by Crippen LogP contribution is 2.46. The average Bonchev–Trinajstić information content (AvgIpc) is 3.02. The minimum atomic E-state index is 0.264. The van der Waals surface area contributed by atoms with Crippen molar-refractivity contribution in [2.75, 3.05) is 49.2 Å². The van der Waals surface area contributed by atoms with Crippen molar-refractivity contribution in [1.29, 1.82) is 0 Å². The maximum absolute atomic E-state index is 9.99. The number of aromatic nitrogens is 2. The minimum absolute atomic E-state index is 0.264. The number of nitrogens with zero attached hydrogens (tertiary/aromatic N) is 4. The summed E-state index contributed by atoms with van der Waals surface area (Å²) in [5, 5.41) is 9.99. The molecule has 24 heavy (non-hydrogen) atoms. The predicted molar refractivity (Wildman–Crippen MR) is 98.4 cm³/mol. The van der Waals surface area contributed by atoms with Gasteiger partial charge in [0.15, 0.2) is 0 Å². The Balaban J connectivity index is 1.43. The van der Waals surface area contributed by atoms with E-state index in [-0.39, 0.29) is 5.41 Å². The SMILES string of the molecule is OCC1CN(c2ccncn2)CC12CCN(C1CCSCC1)CC2. The second-order valence-electron chi connectivity index (χ2n) is 7.57. The Labute approximate surface area is 148 Å². The Hall–Kier alpha value is -0.850. The van der Waals surface area contributed by atoms with Gasteiger partial charge in [0.1, 0.15) is 12.1 Å². The molecule has 1 aromatic heterocycles. The number of aliphatic hydroxyl groups excluding tert-OH is 1. The van der Waals surface area contributed by atoms with Crippen molar-refractivity contribution >= 4 is 17.6 Å². The average molecular weight is 349 g/mol. The van der Waals surface area contributed by atoms with E-state index in [0.29, 0.717) is 12.5 Å². The zero-order valence-corrected chi connectivity index (χ0v) is 15.1. The Morgan fingerprint density at radius 1 is 1.25 bits per heavy atom. The van der Waals surface area contributed by atoms with Crippen molar-refractivity contribution in [3.05, 3.63) is 18.6 Å². The molecule has 4 rings (SSSR count). The molecule has 1 aromatic rings. The van der Waals surface area contributed by atoms with Crippen LogP contribution in [0.15, 0.2) is 18.6 Å². The maximum Gasteiger partial charge on any atom is 0.131 e. The second kappa shape index (κ2) is 7.18. The zero-order valence-electron chi connectivity index (χ0n) is 14.3. The molecule has 0 saturated carbocycles. The highest BCUT2D eigenvalue weighted by atomic mass is 32.2. The van der Waals surface area contributed by atoms with Crippen LogP contribution in [0.4, 0.5) is 5.82 Å². The Kier molecular flexibility index (Phi) is 4.97. The number of aliphatic hydroxyl groups is 1. The lowest BCUT2D eigenvalue weighted by Gasteiger charge is -2.45. The molecule has 3 aliphatic rings. The number of anilines is 1. The van der Waals surface area contributed by atoms with Crippen LogP contribution < -0.4 is 4.90 Å². The fraction of sp³-hybridized carbons (Fsp3) is 0.778. The van der Waals surface area contributed by atoms with Gasteiger partial charge in [-0.1, -0.05) is 0 Å². The monoisotopic (exact) mass is 348 g/mol. The molecule has 1 spiro atoms. The molecular weight excluding hydrogens is 320 g/mol. The lowest BCUT2D eigenvalue weighted by Crippen LogP contribution is -2.49. The first-order valence-electron chi connectivity index (χ1n) is 9.24. The van der Waals surface area contributed by atoms with E-state index in [1.54, 1.807) is 6.33 Å². The topological polar surface area (TPSA) is 52.5 Å². The Morgan fingerprint density at radius 3 is 2.71 bits per heavy atom. The van der Waals surface area contributed by atoms with E-state index in [0.717, 1.165) is 24.9 Å². The van der Waals surface area contributed by atoms with Crippen molar-refractivity contribution in [1.82, 2.24) is 14.9 Å². The minimum Gasteiger partial charge on any atom is -0.396 e. The summed E-state index contributed by atoms with van der Waals surface area (Å²) in [4.78, 5) is 13.5. The zero-order chi connectivity index (χ0) is 16.4. The number of piperidine rings is 1. The lowest BCUT2D eigenvalue weighted by molar-refractivity contribution is 0.0336. The van der Waals surface area contributed by atoms with Crippen LogP contribution in [-0.2, 0) is 0 Å². The molecular formula is C18H28N4OS. The van der Waals surface area contributed by atoms with Crippen molar-refractivity contribution in [2.45, 2.75) is 31.7 Å². The summed E-state index contributed by atoms with van der Waals surface area (Å²) in [6.07, 6.45) is 8.57. The van der Waals surface area contributed by atoms with E-state index < -0.39 is 0 Å². The van der Waals surface area contributed by atoms with Gasteiger partial charge in [0.05, 0.1) is 0 Å². The third-order valence-electron chi connectivity index (χ3n) is 6.42. The molecule has 1 unspecified atom stereocenters. The van der Waals surface area contributed by atoms with E-state index in [1.807, 2.05) is 12.3 Å². The highest BCUT2D eigenvalue weighted by Gasteiger charge is 2.48. The second-order valence-corrected chi connectivity index (χ2v) is 8.79. The summed E-state index contributed by atoms with van der Waals surface area (Å²) in [7, 11) is 0. The largest absolute Gasteiger partial charge is 0.396 e. The number of likely N-dealkylation sites (tertiary alicyclic amines) is 1. The molecule has 0 aromatic carbocycles. The number of thioether (sulfide) groups is 1. The number of hydrogen-bond acceptors (Lipinski definition) is 6. The predicted octanol–water partition coefficient (Wildman–Crippen LogP) is 1.88. The molecule has 0 amide bonds. The van der Waals surface area contributed by atoms with Crippen LogP contribution >= 0.6 is 11.8 Å². The van der Waals surface area contributed by atoms with Gasteiger partial charge in [0.25, 0.3) is 0 Å². The fourth-order valence-corrected chi connectivity index (χ4v) is 5.96. The first-order chi connectivity index (χ1) is 11.8. The van der Waals surface area contributed by atoms with Crippen molar-refractivity contribution in [3.8, 4) is 0 Å². The quantitative estimate of drug-likeness (QED) is 0.900. The lowest BCUT2D eigenvalue weighted by atomic mass is 9.71. The maximum atomic E-state index is 9.99. The first kappa shape index (κ1) is 16.6. The molecule has 6 heteroatoms. The normalized spacial score (nSPS) is 28.5. The van der Waals surface area contributed by atoms with Crippen molar-refractivity contribution < 1.29 is 5.11 Å². The van der Waals surface area contributed by atoms with Gasteiger partial charge in [-0.2, -0.15) is 11.8 Å². The molecule has 4 heterocycles. The Morgan fingerprint density at radius 2 is 2.04 bits per heavy atom. The van der Waals surface area contributed by atoms with Crippen LogP contribution in [0.2, 0.25) is 0 Å². The van der Waals surface area contributed by atoms with E-state index in [4.69, 9.17) is 0 Å². The number of hydrogen-bond donors (Lipinski definition) is 1. The van der Waals surface area contributed by atoms with Gasteiger partial charge in [-0.25, -0.2) is 9.97 Å². The van der Waals surface area contributed by atoms with Gasteiger partial charge in [0, 0.05) is 37.9 Å². The molecule has 1 atom stereocenters. The van der Waals surface area contributed by atoms with Gasteiger partial charge < -0.3 is 14.9 Å². The summed E-state index contributed by atoms with van der Waals surface area (Å²) < 4.78 is 0. The highest BCUT2D eigenvalue weighted by molar-refractivity contribution is 7.99. The summed E-state index contributed by atoms with van der Waals surface area (Å²) in [5.74, 6) is 4.03. The van der Waals surface area contributed by atoms with E-state index in [2.05, 4.69) is 31.5 Å². The summed E-state index contributed by atoms with van der Waals surface area (Å²) in [6.45, 7) is 4.64. The molecule has 1 N–H and O–H groups in total. The van der Waals surface area contributed by atoms with Crippen LogP contribution in [0.3, 0.4) is 0 Å².